The first-order valence-corrected chi connectivity index (χ1v) is 0. The van der Waals surface area contributed by atoms with E-state index in [0.717, 1.165) is 0 Å². The van der Waals surface area contributed by atoms with Crippen molar-refractivity contribution in [2.24, 2.45) is 0 Å². The molecule has 0 unspecified atom stereocenters. The summed E-state index contributed by atoms with van der Waals surface area (Å²) in [7, 11) is 0. The molecule has 0 atom stereocenters. The Balaban J connectivity index is 0. The molecule has 0 spiro atoms. The van der Waals surface area contributed by atoms with E-state index in [-0.39, 0.29) is 106 Å². The third kappa shape index (κ3) is 9.10. The minimum absolute atomic E-state index is 0. The third-order valence-corrected chi connectivity index (χ3v) is 0. The molecule has 0 saturated carbocycles. The van der Waals surface area contributed by atoms with Gasteiger partial charge in [0.05, 0.1) is 0 Å². The Morgan fingerprint density at radius 3 is 1.00 bits per heavy atom. The van der Waals surface area contributed by atoms with Crippen LogP contribution in [0.5, 0.6) is 0 Å². The monoisotopic (exact) mass is 395 g/mol. The molecule has 0 fully saturated rings. The zero-order chi connectivity index (χ0) is 0. The Hall–Kier alpha value is 3.51. The molecule has 0 aromatic carbocycles. The molecule has 0 heterocycles. The fraction of sp³-hybridized carbons (Fsp3) is 0. The summed E-state index contributed by atoms with van der Waals surface area (Å²) in [5.41, 5.74) is 0. The SMILES string of the molecule is [Al].[Ca].[Pb].[Sn]. The first-order chi connectivity index (χ1) is 0. The van der Waals surface area contributed by atoms with Crippen molar-refractivity contribution < 1.29 is 0 Å². The molecule has 0 amide bonds. The number of hydrogen-bond acceptors (Lipinski definition) is 0. The van der Waals surface area contributed by atoms with Crippen LogP contribution in [0.2, 0.25) is 0 Å². The molecule has 13 valence electrons. The van der Waals surface area contributed by atoms with Crippen molar-refractivity contribution >= 4 is 106 Å². The largest absolute Gasteiger partial charge is 0 e. The maximum absolute atomic E-state index is 0. The van der Waals surface area contributed by atoms with Gasteiger partial charge in [0.15, 0.2) is 0 Å². The van der Waals surface area contributed by atoms with E-state index >= 15 is 0 Å². The zero-order valence-electron chi connectivity index (χ0n) is 2.28. The van der Waals surface area contributed by atoms with Crippen molar-refractivity contribution in [2.75, 3.05) is 0 Å². The minimum atomic E-state index is 0. The van der Waals surface area contributed by atoms with E-state index in [4.69, 9.17) is 0 Å². The average molecular weight is 393 g/mol. The van der Waals surface area contributed by atoms with E-state index in [1.54, 1.807) is 0 Å². The molecule has 4 heavy (non-hydrogen) atoms. The molecule has 0 nitrogen and oxygen atoms in total. The van der Waals surface area contributed by atoms with Crippen LogP contribution in [0.4, 0.5) is 0 Å². The Kier molecular flexibility index (Phi) is 104. The van der Waals surface area contributed by atoms with Crippen LogP contribution in [0.25, 0.3) is 0 Å². The van der Waals surface area contributed by atoms with Crippen LogP contribution in [0.1, 0.15) is 0 Å². The molecule has 0 aromatic heterocycles. The molecular weight excluding hydrogens is 393 g/mol. The van der Waals surface area contributed by atoms with Gasteiger partial charge in [-0.05, 0) is 0 Å². The van der Waals surface area contributed by atoms with E-state index in [0.29, 0.717) is 0 Å². The van der Waals surface area contributed by atoms with Crippen molar-refractivity contribution in [3.63, 3.8) is 0 Å². The molecule has 0 aromatic rings. The summed E-state index contributed by atoms with van der Waals surface area (Å²) in [4.78, 5) is 0. The molecule has 0 N–H and O–H groups in total. The summed E-state index contributed by atoms with van der Waals surface area (Å²) in [5.74, 6) is 0. The van der Waals surface area contributed by atoms with E-state index in [1.165, 1.54) is 0 Å². The maximum Gasteiger partial charge on any atom is 0 e. The van der Waals surface area contributed by atoms with E-state index in [2.05, 4.69) is 0 Å². The first-order valence-electron chi connectivity index (χ1n) is 0. The van der Waals surface area contributed by atoms with Gasteiger partial charge in [-0.25, -0.2) is 0 Å². The van der Waals surface area contributed by atoms with Gasteiger partial charge in [-0.15, -0.1) is 0 Å². The summed E-state index contributed by atoms with van der Waals surface area (Å²) >= 11 is 0. The number of rotatable bonds is 0. The maximum atomic E-state index is 0. The summed E-state index contributed by atoms with van der Waals surface area (Å²) in [6.45, 7) is 0. The van der Waals surface area contributed by atoms with Gasteiger partial charge in [-0.3, -0.25) is 0 Å². The second-order valence-electron chi connectivity index (χ2n) is 0. The smallest absolute Gasteiger partial charge is 0 e. The molecule has 4 heteroatoms. The molecule has 0 aliphatic heterocycles. The zero-order valence-corrected chi connectivity index (χ0v) is 12.4. The molecule has 0 rings (SSSR count). The summed E-state index contributed by atoms with van der Waals surface area (Å²) < 4.78 is 0. The molecule has 0 aliphatic rings. The topological polar surface area (TPSA) is 0 Å². The number of hydrogen-bond donors (Lipinski definition) is 0. The van der Waals surface area contributed by atoms with Crippen molar-refractivity contribution in [3.8, 4) is 0 Å². The molecular formula is AlCaPbSn. The van der Waals surface area contributed by atoms with Gasteiger partial charge >= 0.3 is 0 Å². The van der Waals surface area contributed by atoms with Crippen molar-refractivity contribution in [2.45, 2.75) is 0 Å². The van der Waals surface area contributed by atoms with Crippen molar-refractivity contribution in [3.05, 3.63) is 0 Å². The fourth-order valence-corrected chi connectivity index (χ4v) is 0. The van der Waals surface area contributed by atoms with E-state index < -0.39 is 0 Å². The second kappa shape index (κ2) is 16.0. The van der Waals surface area contributed by atoms with Crippen LogP contribution in [0, 0.1) is 0 Å². The normalized spacial score (nSPS) is 0. The van der Waals surface area contributed by atoms with Crippen LogP contribution in [-0.2, 0) is 0 Å². The van der Waals surface area contributed by atoms with Gasteiger partial charge in [-0.2, -0.15) is 0 Å². The summed E-state index contributed by atoms with van der Waals surface area (Å²) in [6.07, 6.45) is 0. The van der Waals surface area contributed by atoms with Crippen LogP contribution in [0.15, 0.2) is 0 Å². The van der Waals surface area contributed by atoms with E-state index in [9.17, 15) is 0 Å². The molecule has 0 aliphatic carbocycles. The average Bonchev–Trinajstić information content (AvgIpc) is 0. The Morgan fingerprint density at radius 2 is 1.00 bits per heavy atom. The van der Waals surface area contributed by atoms with Crippen LogP contribution < -0.4 is 0 Å². The molecule has 0 saturated heterocycles. The Morgan fingerprint density at radius 1 is 1.00 bits per heavy atom. The summed E-state index contributed by atoms with van der Waals surface area (Å²) in [5, 5.41) is 0. The van der Waals surface area contributed by atoms with Crippen LogP contribution in [0.3, 0.4) is 0 Å². The summed E-state index contributed by atoms with van der Waals surface area (Å²) in [6, 6.07) is 0. The third-order valence-electron chi connectivity index (χ3n) is 0. The van der Waals surface area contributed by atoms with Gasteiger partial charge < -0.3 is 0 Å². The van der Waals surface area contributed by atoms with E-state index in [1.807, 2.05) is 0 Å². The predicted octanol–water partition coefficient (Wildman–Crippen LogP) is -1.52. The van der Waals surface area contributed by atoms with Crippen LogP contribution in [-0.4, -0.2) is 106 Å². The molecule has 13 radical (unpaired) electrons. The fourth-order valence-electron chi connectivity index (χ4n) is 0. The Bertz CT molecular complexity index is 8.00. The first kappa shape index (κ1) is 25.8. The van der Waals surface area contributed by atoms with Crippen molar-refractivity contribution in [1.82, 2.24) is 0 Å². The van der Waals surface area contributed by atoms with Gasteiger partial charge in [0.1, 0.15) is 0 Å². The standard InChI is InChI=1S/Al.Ca.Pb.Sn. The Labute approximate surface area is 104 Å². The van der Waals surface area contributed by atoms with Gasteiger partial charge in [0.2, 0.25) is 0 Å². The van der Waals surface area contributed by atoms with Crippen molar-refractivity contribution in [1.29, 1.82) is 0 Å². The quantitative estimate of drug-likeness (QED) is 0.439. The van der Waals surface area contributed by atoms with Crippen LogP contribution >= 0.6 is 0 Å². The second-order valence-corrected chi connectivity index (χ2v) is 0. The van der Waals surface area contributed by atoms with Gasteiger partial charge in [-0.1, -0.05) is 0 Å². The minimum Gasteiger partial charge on any atom is 0 e. The van der Waals surface area contributed by atoms with Gasteiger partial charge in [0.25, 0.3) is 0 Å². The molecule has 0 bridgehead atoms. The predicted molar refractivity (Wildman–Crippen MR) is 23.0 cm³/mol. The van der Waals surface area contributed by atoms with Gasteiger partial charge in [0, 0.05) is 106 Å².